The minimum absolute atomic E-state index is 0.249. The Bertz CT molecular complexity index is 1160. The first-order chi connectivity index (χ1) is 13.4. The quantitative estimate of drug-likeness (QED) is 0.433. The Morgan fingerprint density at radius 2 is 1.79 bits per heavy atom. The maximum Gasteiger partial charge on any atom is 0.338 e. The second kappa shape index (κ2) is 8.31. The zero-order valence-corrected chi connectivity index (χ0v) is 16.3. The average Bonchev–Trinajstić information content (AvgIpc) is 2.99. The molecule has 0 fully saturated rings. The van der Waals surface area contributed by atoms with Crippen LogP contribution in [0.25, 0.3) is 22.4 Å². The highest BCUT2D eigenvalue weighted by Crippen LogP contribution is 2.26. The predicted octanol–water partition coefficient (Wildman–Crippen LogP) is 5.67. The Kier molecular flexibility index (Phi) is 5.84. The van der Waals surface area contributed by atoms with Crippen molar-refractivity contribution in [3.63, 3.8) is 0 Å². The summed E-state index contributed by atoms with van der Waals surface area (Å²) in [6, 6.07) is 17.6. The lowest BCUT2D eigenvalue weighted by molar-refractivity contribution is 0.0692. The van der Waals surface area contributed by atoms with Gasteiger partial charge >= 0.3 is 5.97 Å². The first-order valence-electron chi connectivity index (χ1n) is 8.22. The summed E-state index contributed by atoms with van der Waals surface area (Å²) in [5.74, 6) is -1.42. The van der Waals surface area contributed by atoms with Crippen LogP contribution in [0.5, 0.6) is 0 Å². The van der Waals surface area contributed by atoms with E-state index < -0.39 is 11.8 Å². The van der Waals surface area contributed by atoms with Crippen LogP contribution in [-0.4, -0.2) is 20.6 Å². The molecule has 0 atom stereocenters. The van der Waals surface area contributed by atoms with Gasteiger partial charge in [0.2, 0.25) is 0 Å². The molecule has 0 amide bonds. The molecule has 3 aromatic carbocycles. The Hall–Kier alpha value is -3.06. The van der Waals surface area contributed by atoms with Crippen molar-refractivity contribution in [2.75, 3.05) is 0 Å². The molecule has 4 rings (SSSR count). The summed E-state index contributed by atoms with van der Waals surface area (Å²) in [4.78, 5) is 14.7. The first kappa shape index (κ1) is 19.7. The van der Waals surface area contributed by atoms with Crippen molar-refractivity contribution in [1.82, 2.24) is 9.55 Å². The van der Waals surface area contributed by atoms with Gasteiger partial charge in [-0.2, -0.15) is 0 Å². The molecular weight excluding hydrogens is 430 g/mol. The SMILES string of the molecule is Cn1c(-c2cccc(F)c2)nc2ccc(Br)cc21.O=C(O)c1ccccc1F. The number of carbonyl (C=O) groups is 1. The van der Waals surface area contributed by atoms with E-state index in [-0.39, 0.29) is 11.4 Å². The van der Waals surface area contributed by atoms with Gasteiger partial charge in [0, 0.05) is 17.1 Å². The van der Waals surface area contributed by atoms with E-state index in [1.807, 2.05) is 35.9 Å². The van der Waals surface area contributed by atoms with Gasteiger partial charge in [-0.15, -0.1) is 0 Å². The number of fused-ring (bicyclic) bond motifs is 1. The predicted molar refractivity (Wildman–Crippen MR) is 107 cm³/mol. The maximum atomic E-state index is 13.3. The third kappa shape index (κ3) is 4.26. The van der Waals surface area contributed by atoms with Gasteiger partial charge in [0.25, 0.3) is 0 Å². The van der Waals surface area contributed by atoms with Crippen LogP contribution in [0.15, 0.2) is 71.2 Å². The molecule has 1 heterocycles. The first-order valence-corrected chi connectivity index (χ1v) is 9.02. The third-order valence-corrected chi connectivity index (χ3v) is 4.52. The van der Waals surface area contributed by atoms with E-state index >= 15 is 0 Å². The molecule has 0 unspecified atom stereocenters. The van der Waals surface area contributed by atoms with Crippen molar-refractivity contribution in [1.29, 1.82) is 0 Å². The maximum absolute atomic E-state index is 13.3. The fraction of sp³-hybridized carbons (Fsp3) is 0.0476. The molecule has 0 aliphatic rings. The number of aromatic carboxylic acids is 1. The zero-order valence-electron chi connectivity index (χ0n) is 14.7. The van der Waals surface area contributed by atoms with Gasteiger partial charge in [-0.25, -0.2) is 18.6 Å². The number of nitrogens with zero attached hydrogens (tertiary/aromatic N) is 2. The Morgan fingerprint density at radius 3 is 2.43 bits per heavy atom. The Balaban J connectivity index is 0.000000192. The number of hydrogen-bond acceptors (Lipinski definition) is 2. The number of benzene rings is 3. The summed E-state index contributed by atoms with van der Waals surface area (Å²) in [7, 11) is 1.93. The normalized spacial score (nSPS) is 10.4. The molecule has 0 aliphatic heterocycles. The lowest BCUT2D eigenvalue weighted by Crippen LogP contribution is -1.98. The summed E-state index contributed by atoms with van der Waals surface area (Å²) in [5.41, 5.74) is 2.41. The summed E-state index contributed by atoms with van der Waals surface area (Å²) in [5, 5.41) is 8.33. The number of hydrogen-bond donors (Lipinski definition) is 1. The van der Waals surface area contributed by atoms with Gasteiger partial charge in [-0.05, 0) is 42.5 Å². The molecule has 0 saturated heterocycles. The van der Waals surface area contributed by atoms with Gasteiger partial charge in [-0.1, -0.05) is 40.2 Å². The zero-order chi connectivity index (χ0) is 20.3. The monoisotopic (exact) mass is 444 g/mol. The van der Waals surface area contributed by atoms with Crippen LogP contribution in [-0.2, 0) is 7.05 Å². The third-order valence-electron chi connectivity index (χ3n) is 4.03. The number of rotatable bonds is 2. The van der Waals surface area contributed by atoms with E-state index in [1.165, 1.54) is 30.3 Å². The standard InChI is InChI=1S/C14H10BrFN2.C7H5FO2/c1-18-13-8-10(15)5-6-12(13)17-14(18)9-3-2-4-11(16)7-9;8-6-4-2-1-3-5(6)7(9)10/h2-8H,1H3;1-4H,(H,9,10). The number of carboxylic acids is 1. The fourth-order valence-electron chi connectivity index (χ4n) is 2.68. The molecule has 28 heavy (non-hydrogen) atoms. The van der Waals surface area contributed by atoms with Crippen molar-refractivity contribution >= 4 is 32.9 Å². The number of halogens is 3. The number of aryl methyl sites for hydroxylation is 1. The molecule has 0 spiro atoms. The second-order valence-electron chi connectivity index (χ2n) is 5.92. The molecule has 4 nitrogen and oxygen atoms in total. The van der Waals surface area contributed by atoms with E-state index in [0.717, 1.165) is 33.0 Å². The largest absolute Gasteiger partial charge is 0.478 e. The number of aromatic nitrogens is 2. The van der Waals surface area contributed by atoms with Gasteiger partial charge in [0.15, 0.2) is 0 Å². The lowest BCUT2D eigenvalue weighted by Gasteiger charge is -2.02. The van der Waals surface area contributed by atoms with Crippen LogP contribution in [0.4, 0.5) is 8.78 Å². The molecular formula is C21H15BrF2N2O2. The number of imidazole rings is 1. The van der Waals surface area contributed by atoms with E-state index in [4.69, 9.17) is 5.11 Å². The lowest BCUT2D eigenvalue weighted by atomic mass is 10.2. The Labute approximate surface area is 168 Å². The van der Waals surface area contributed by atoms with Gasteiger partial charge < -0.3 is 9.67 Å². The molecule has 142 valence electrons. The van der Waals surface area contributed by atoms with Gasteiger partial charge in [0.1, 0.15) is 17.5 Å². The molecule has 0 radical (unpaired) electrons. The molecule has 0 bridgehead atoms. The van der Waals surface area contributed by atoms with Crippen LogP contribution in [0.2, 0.25) is 0 Å². The topological polar surface area (TPSA) is 55.1 Å². The Morgan fingerprint density at radius 1 is 1.04 bits per heavy atom. The molecule has 1 aromatic heterocycles. The highest BCUT2D eigenvalue weighted by atomic mass is 79.9. The van der Waals surface area contributed by atoms with Crippen molar-refractivity contribution in [3.05, 3.63) is 88.4 Å². The summed E-state index contributed by atoms with van der Waals surface area (Å²) < 4.78 is 28.7. The van der Waals surface area contributed by atoms with Crippen LogP contribution in [0, 0.1) is 11.6 Å². The van der Waals surface area contributed by atoms with Crippen molar-refractivity contribution in [2.24, 2.45) is 7.05 Å². The minimum Gasteiger partial charge on any atom is -0.478 e. The number of carboxylic acid groups (broad SMARTS) is 1. The van der Waals surface area contributed by atoms with Gasteiger partial charge in [0.05, 0.1) is 16.6 Å². The molecule has 7 heteroatoms. The highest BCUT2D eigenvalue weighted by Gasteiger charge is 2.10. The van der Waals surface area contributed by atoms with Crippen LogP contribution in [0.1, 0.15) is 10.4 Å². The van der Waals surface area contributed by atoms with E-state index in [9.17, 15) is 13.6 Å². The van der Waals surface area contributed by atoms with E-state index in [1.54, 1.807) is 6.07 Å². The van der Waals surface area contributed by atoms with Crippen LogP contribution >= 0.6 is 15.9 Å². The highest BCUT2D eigenvalue weighted by molar-refractivity contribution is 9.10. The average molecular weight is 445 g/mol. The summed E-state index contributed by atoms with van der Waals surface area (Å²) in [6.07, 6.45) is 0. The summed E-state index contributed by atoms with van der Waals surface area (Å²) >= 11 is 3.44. The molecule has 1 N–H and O–H groups in total. The van der Waals surface area contributed by atoms with Crippen LogP contribution < -0.4 is 0 Å². The molecule has 0 saturated carbocycles. The second-order valence-corrected chi connectivity index (χ2v) is 6.84. The molecule has 4 aromatic rings. The fourth-order valence-corrected chi connectivity index (χ4v) is 3.03. The minimum atomic E-state index is -1.24. The van der Waals surface area contributed by atoms with Gasteiger partial charge in [-0.3, -0.25) is 0 Å². The van der Waals surface area contributed by atoms with Crippen LogP contribution in [0.3, 0.4) is 0 Å². The van der Waals surface area contributed by atoms with E-state index in [2.05, 4.69) is 20.9 Å². The van der Waals surface area contributed by atoms with Crippen molar-refractivity contribution in [3.8, 4) is 11.4 Å². The van der Waals surface area contributed by atoms with E-state index in [0.29, 0.717) is 0 Å². The van der Waals surface area contributed by atoms with Crippen molar-refractivity contribution < 1.29 is 18.7 Å². The molecule has 0 aliphatic carbocycles. The summed E-state index contributed by atoms with van der Waals surface area (Å²) in [6.45, 7) is 0. The van der Waals surface area contributed by atoms with Crippen molar-refractivity contribution in [2.45, 2.75) is 0 Å². The smallest absolute Gasteiger partial charge is 0.338 e.